The molecule has 80 heavy (non-hydrogen) atoms. The van der Waals surface area contributed by atoms with Crippen molar-refractivity contribution in [2.75, 3.05) is 14.7 Å². The van der Waals surface area contributed by atoms with Crippen LogP contribution in [0.25, 0.3) is 22.3 Å². The van der Waals surface area contributed by atoms with E-state index in [0.717, 1.165) is 39.8 Å². The van der Waals surface area contributed by atoms with Crippen LogP contribution in [0.15, 0.2) is 237 Å². The fourth-order valence-electron chi connectivity index (χ4n) is 12.8. The molecule has 0 saturated heterocycles. The Morgan fingerprint density at radius 3 is 1.11 bits per heavy atom. The molecule has 392 valence electrons. The summed E-state index contributed by atoms with van der Waals surface area (Å²) in [5, 5.41) is 0. The SMILES string of the molecule is Cc1ccc(N2c3ccccc3C(c3ccc(N(c4ccc(-c5ccccc5)cc4)c4c(C)cc(C)c(C)c4C)cc3)(c3ccc(N(c4ccc(-c5ccccc5)cc4)c4c(C)cc(C)c(C)c4C)cc3)c3cc(C)ccc32)cc1. The Bertz CT molecular complexity index is 3870. The number of rotatable bonds is 11. The first-order valence-electron chi connectivity index (χ1n) is 28.2. The predicted octanol–water partition coefficient (Wildman–Crippen LogP) is 21.2. The highest BCUT2D eigenvalue weighted by Crippen LogP contribution is 2.59. The molecular formula is C77H69N3. The number of fused-ring (bicyclic) bond motifs is 2. The van der Waals surface area contributed by atoms with E-state index in [1.807, 2.05) is 0 Å². The van der Waals surface area contributed by atoms with Crippen molar-refractivity contribution in [3.05, 3.63) is 314 Å². The van der Waals surface area contributed by atoms with Gasteiger partial charge in [0.15, 0.2) is 0 Å². The monoisotopic (exact) mass is 1040 g/mol. The maximum atomic E-state index is 2.47. The van der Waals surface area contributed by atoms with Crippen LogP contribution in [0.5, 0.6) is 0 Å². The quantitative estimate of drug-likeness (QED) is 0.128. The summed E-state index contributed by atoms with van der Waals surface area (Å²) in [4.78, 5) is 7.42. The van der Waals surface area contributed by atoms with Gasteiger partial charge in [-0.2, -0.15) is 0 Å². The van der Waals surface area contributed by atoms with Crippen LogP contribution < -0.4 is 14.7 Å². The Labute approximate surface area is 474 Å². The number of anilines is 9. The van der Waals surface area contributed by atoms with Gasteiger partial charge in [0.1, 0.15) is 0 Å². The molecule has 3 nitrogen and oxygen atoms in total. The maximum Gasteiger partial charge on any atom is 0.0742 e. The zero-order chi connectivity index (χ0) is 55.4. The third-order valence-electron chi connectivity index (χ3n) is 17.3. The first kappa shape index (κ1) is 51.6. The van der Waals surface area contributed by atoms with E-state index < -0.39 is 5.41 Å². The highest BCUT2D eigenvalue weighted by atomic mass is 15.2. The lowest BCUT2D eigenvalue weighted by molar-refractivity contribution is 0.730. The summed E-state index contributed by atoms with van der Waals surface area (Å²) in [6, 6.07) is 88.4. The molecule has 0 aliphatic carbocycles. The van der Waals surface area contributed by atoms with Crippen LogP contribution in [0, 0.1) is 69.2 Å². The summed E-state index contributed by atoms with van der Waals surface area (Å²) in [6.45, 7) is 22.5. The first-order chi connectivity index (χ1) is 38.8. The van der Waals surface area contributed by atoms with Crippen LogP contribution in [-0.4, -0.2) is 0 Å². The van der Waals surface area contributed by atoms with Gasteiger partial charge < -0.3 is 14.7 Å². The van der Waals surface area contributed by atoms with Gasteiger partial charge in [0.2, 0.25) is 0 Å². The van der Waals surface area contributed by atoms with Gasteiger partial charge >= 0.3 is 0 Å². The molecule has 0 bridgehead atoms. The molecule has 0 aromatic heterocycles. The molecule has 0 saturated carbocycles. The van der Waals surface area contributed by atoms with Crippen molar-refractivity contribution < 1.29 is 0 Å². The van der Waals surface area contributed by atoms with E-state index in [1.54, 1.807) is 0 Å². The maximum absolute atomic E-state index is 2.47. The molecule has 12 rings (SSSR count). The summed E-state index contributed by atoms with van der Waals surface area (Å²) in [5.41, 5.74) is 31.9. The Hall–Kier alpha value is -9.18. The van der Waals surface area contributed by atoms with Crippen molar-refractivity contribution in [1.29, 1.82) is 0 Å². The minimum Gasteiger partial charge on any atom is -0.310 e. The van der Waals surface area contributed by atoms with Gasteiger partial charge in [-0.1, -0.05) is 175 Å². The summed E-state index contributed by atoms with van der Waals surface area (Å²) in [7, 11) is 0. The Balaban J connectivity index is 1.08. The molecule has 0 N–H and O–H groups in total. The van der Waals surface area contributed by atoms with E-state index in [4.69, 9.17) is 0 Å². The lowest BCUT2D eigenvalue weighted by Crippen LogP contribution is -2.38. The van der Waals surface area contributed by atoms with E-state index in [-0.39, 0.29) is 0 Å². The van der Waals surface area contributed by atoms with Crippen molar-refractivity contribution >= 4 is 51.2 Å². The van der Waals surface area contributed by atoms with Crippen molar-refractivity contribution in [3.8, 4) is 22.3 Å². The standard InChI is InChI=1S/C77H69N3/c1-50-25-36-70(37-26-50)80-73-24-18-17-23-71(73)77(72-47-51(2)27-46-74(72)80,64-32-42-68(43-33-64)78(75-54(5)48-52(3)56(7)58(75)9)66-38-28-62(29-39-66)60-19-13-11-14-20-60)65-34-44-69(45-35-65)79(76-55(6)49-53(4)57(8)59(76)10)67-40-30-63(31-41-67)61-21-15-12-16-22-61/h11-49H,1-10H3. The van der Waals surface area contributed by atoms with Gasteiger partial charge in [-0.05, 0) is 231 Å². The molecule has 3 heteroatoms. The number of benzene rings is 11. The average Bonchev–Trinajstić information content (AvgIpc) is 3.65. The van der Waals surface area contributed by atoms with Crippen LogP contribution >= 0.6 is 0 Å². The molecule has 0 amide bonds. The smallest absolute Gasteiger partial charge is 0.0742 e. The number of hydrogen-bond donors (Lipinski definition) is 0. The Morgan fingerprint density at radius 1 is 0.287 bits per heavy atom. The van der Waals surface area contributed by atoms with E-state index in [9.17, 15) is 0 Å². The summed E-state index contributed by atoms with van der Waals surface area (Å²) in [6.07, 6.45) is 0. The number of nitrogens with zero attached hydrogens (tertiary/aromatic N) is 3. The molecular weight excluding hydrogens is 967 g/mol. The average molecular weight is 1040 g/mol. The molecule has 11 aromatic carbocycles. The minimum atomic E-state index is -0.737. The second-order valence-corrected chi connectivity index (χ2v) is 22.3. The normalized spacial score (nSPS) is 12.4. The summed E-state index contributed by atoms with van der Waals surface area (Å²) >= 11 is 0. The lowest BCUT2D eigenvalue weighted by atomic mass is 9.62. The van der Waals surface area contributed by atoms with Crippen LogP contribution in [0.3, 0.4) is 0 Å². The van der Waals surface area contributed by atoms with Crippen molar-refractivity contribution in [2.24, 2.45) is 0 Å². The number of para-hydroxylation sites is 1. The van der Waals surface area contributed by atoms with Gasteiger partial charge in [-0.3, -0.25) is 0 Å². The number of hydrogen-bond acceptors (Lipinski definition) is 3. The van der Waals surface area contributed by atoms with Crippen LogP contribution in [-0.2, 0) is 5.41 Å². The van der Waals surface area contributed by atoms with Gasteiger partial charge in [-0.25, -0.2) is 0 Å². The van der Waals surface area contributed by atoms with Gasteiger partial charge in [0, 0.05) is 28.4 Å². The van der Waals surface area contributed by atoms with Crippen molar-refractivity contribution in [1.82, 2.24) is 0 Å². The fourth-order valence-corrected chi connectivity index (χ4v) is 12.8. The fraction of sp³-hybridized carbons (Fsp3) is 0.143. The molecule has 11 aromatic rings. The van der Waals surface area contributed by atoms with Gasteiger partial charge in [0.05, 0.1) is 28.2 Å². The second kappa shape index (κ2) is 20.9. The van der Waals surface area contributed by atoms with Crippen molar-refractivity contribution in [2.45, 2.75) is 74.7 Å². The van der Waals surface area contributed by atoms with E-state index >= 15 is 0 Å². The summed E-state index contributed by atoms with van der Waals surface area (Å²) in [5.74, 6) is 0. The molecule has 0 spiro atoms. The lowest BCUT2D eigenvalue weighted by Gasteiger charge is -2.47. The molecule has 0 unspecified atom stereocenters. The summed E-state index contributed by atoms with van der Waals surface area (Å²) < 4.78 is 0. The minimum absolute atomic E-state index is 0.737. The molecule has 1 aliphatic heterocycles. The predicted molar refractivity (Wildman–Crippen MR) is 341 cm³/mol. The zero-order valence-corrected chi connectivity index (χ0v) is 47.9. The van der Waals surface area contributed by atoms with Gasteiger partial charge in [-0.15, -0.1) is 0 Å². The van der Waals surface area contributed by atoms with Crippen LogP contribution in [0.2, 0.25) is 0 Å². The van der Waals surface area contributed by atoms with Crippen LogP contribution in [0.1, 0.15) is 77.9 Å². The van der Waals surface area contributed by atoms with E-state index in [2.05, 4.69) is 321 Å². The topological polar surface area (TPSA) is 9.72 Å². The highest BCUT2D eigenvalue weighted by Gasteiger charge is 2.47. The molecule has 0 atom stereocenters. The molecule has 0 fully saturated rings. The van der Waals surface area contributed by atoms with Gasteiger partial charge in [0.25, 0.3) is 0 Å². The molecule has 1 aliphatic rings. The van der Waals surface area contributed by atoms with Crippen molar-refractivity contribution in [3.63, 3.8) is 0 Å². The largest absolute Gasteiger partial charge is 0.310 e. The van der Waals surface area contributed by atoms with E-state index in [1.165, 1.54) is 112 Å². The zero-order valence-electron chi connectivity index (χ0n) is 47.9. The number of aryl methyl sites for hydroxylation is 6. The Kier molecular flexibility index (Phi) is 13.5. The highest BCUT2D eigenvalue weighted by molar-refractivity contribution is 5.91. The van der Waals surface area contributed by atoms with E-state index in [0.29, 0.717) is 0 Å². The molecule has 0 radical (unpaired) electrons. The molecule has 1 heterocycles. The third kappa shape index (κ3) is 8.88. The second-order valence-electron chi connectivity index (χ2n) is 22.3. The first-order valence-corrected chi connectivity index (χ1v) is 28.2. The Morgan fingerprint density at radius 2 is 0.662 bits per heavy atom. The third-order valence-corrected chi connectivity index (χ3v) is 17.3. The van der Waals surface area contributed by atoms with Crippen LogP contribution in [0.4, 0.5) is 51.2 Å².